The monoisotopic (exact) mass is 397 g/mol. The van der Waals surface area contributed by atoms with Crippen LogP contribution in [0.1, 0.15) is 16.7 Å². The highest BCUT2D eigenvalue weighted by molar-refractivity contribution is 6.11. The minimum Gasteiger partial charge on any atom is -0.394 e. The first-order valence-electron chi connectivity index (χ1n) is 9.51. The number of anilines is 1. The zero-order valence-corrected chi connectivity index (χ0v) is 16.4. The van der Waals surface area contributed by atoms with Gasteiger partial charge in [0, 0.05) is 29.9 Å². The molecule has 0 saturated carbocycles. The topological polar surface area (TPSA) is 110 Å². The van der Waals surface area contributed by atoms with Gasteiger partial charge < -0.3 is 24.6 Å². The molecule has 0 spiro atoms. The Balaban J connectivity index is 2.04. The molecular weight excluding hydrogens is 370 g/mol. The number of aliphatic hydroxyl groups excluding tert-OH is 2. The highest BCUT2D eigenvalue weighted by atomic mass is 16.5. The van der Waals surface area contributed by atoms with Crippen LogP contribution in [0.2, 0.25) is 0 Å². The van der Waals surface area contributed by atoms with E-state index in [0.717, 1.165) is 16.8 Å². The van der Waals surface area contributed by atoms with Crippen LogP contribution in [-0.4, -0.2) is 68.7 Å². The van der Waals surface area contributed by atoms with Gasteiger partial charge in [0.15, 0.2) is 0 Å². The Kier molecular flexibility index (Phi) is 9.83. The third kappa shape index (κ3) is 7.29. The molecular formula is C22H27N3O4. The second-order valence-corrected chi connectivity index (χ2v) is 6.27. The van der Waals surface area contributed by atoms with E-state index < -0.39 is 0 Å². The number of nitriles is 1. The first kappa shape index (κ1) is 22.5. The lowest BCUT2D eigenvalue weighted by molar-refractivity contribution is 0.0884. The van der Waals surface area contributed by atoms with Gasteiger partial charge in [-0.2, -0.15) is 5.26 Å². The molecule has 7 heteroatoms. The molecule has 29 heavy (non-hydrogen) atoms. The van der Waals surface area contributed by atoms with Gasteiger partial charge >= 0.3 is 0 Å². The lowest BCUT2D eigenvalue weighted by Gasteiger charge is -2.25. The van der Waals surface area contributed by atoms with Gasteiger partial charge in [-0.1, -0.05) is 24.3 Å². The molecule has 0 saturated heterocycles. The molecule has 0 heterocycles. The summed E-state index contributed by atoms with van der Waals surface area (Å²) in [6, 6.07) is 16.7. The predicted molar refractivity (Wildman–Crippen MR) is 112 cm³/mol. The van der Waals surface area contributed by atoms with Crippen molar-refractivity contribution in [3.8, 4) is 6.07 Å². The number of rotatable bonds is 13. The summed E-state index contributed by atoms with van der Waals surface area (Å²) < 4.78 is 10.7. The molecule has 0 aromatic heterocycles. The number of ether oxygens (including phenoxy) is 2. The fourth-order valence-corrected chi connectivity index (χ4v) is 2.77. The molecule has 0 fully saturated rings. The Morgan fingerprint density at radius 1 is 0.828 bits per heavy atom. The van der Waals surface area contributed by atoms with Crippen molar-refractivity contribution < 1.29 is 19.7 Å². The van der Waals surface area contributed by atoms with Crippen LogP contribution < -0.4 is 4.90 Å². The summed E-state index contributed by atoms with van der Waals surface area (Å²) in [6.45, 7) is 2.80. The Morgan fingerprint density at radius 2 is 1.31 bits per heavy atom. The molecule has 3 N–H and O–H groups in total. The van der Waals surface area contributed by atoms with E-state index >= 15 is 0 Å². The van der Waals surface area contributed by atoms with Crippen molar-refractivity contribution >= 4 is 11.4 Å². The molecule has 0 aliphatic rings. The van der Waals surface area contributed by atoms with Crippen LogP contribution in [0.15, 0.2) is 48.5 Å². The average molecular weight is 397 g/mol. The van der Waals surface area contributed by atoms with Gasteiger partial charge in [-0.05, 0) is 24.3 Å². The van der Waals surface area contributed by atoms with Gasteiger partial charge in [-0.3, -0.25) is 5.41 Å². The Morgan fingerprint density at radius 3 is 1.76 bits per heavy atom. The molecule has 0 bridgehead atoms. The summed E-state index contributed by atoms with van der Waals surface area (Å²) in [4.78, 5) is 2.10. The van der Waals surface area contributed by atoms with Crippen LogP contribution in [-0.2, 0) is 9.47 Å². The van der Waals surface area contributed by atoms with Crippen LogP contribution in [0.3, 0.4) is 0 Å². The number of nitrogens with zero attached hydrogens (tertiary/aromatic N) is 2. The Hall–Kier alpha value is -2.76. The van der Waals surface area contributed by atoms with Gasteiger partial charge in [-0.25, -0.2) is 0 Å². The summed E-state index contributed by atoms with van der Waals surface area (Å²) in [5, 5.41) is 35.0. The van der Waals surface area contributed by atoms with E-state index in [9.17, 15) is 0 Å². The maximum Gasteiger partial charge on any atom is 0.0991 e. The second-order valence-electron chi connectivity index (χ2n) is 6.27. The lowest BCUT2D eigenvalue weighted by Crippen LogP contribution is -2.31. The van der Waals surface area contributed by atoms with Crippen LogP contribution in [0.5, 0.6) is 0 Å². The highest BCUT2D eigenvalue weighted by Crippen LogP contribution is 2.18. The van der Waals surface area contributed by atoms with Crippen LogP contribution in [0, 0.1) is 16.7 Å². The van der Waals surface area contributed by atoms with Gasteiger partial charge in [0.05, 0.1) is 57.0 Å². The van der Waals surface area contributed by atoms with Crippen molar-refractivity contribution in [3.05, 3.63) is 65.2 Å². The van der Waals surface area contributed by atoms with E-state index in [1.165, 1.54) is 0 Å². The molecule has 2 rings (SSSR count). The second kappa shape index (κ2) is 12.6. The zero-order valence-electron chi connectivity index (χ0n) is 16.4. The molecule has 154 valence electrons. The van der Waals surface area contributed by atoms with Crippen molar-refractivity contribution in [2.24, 2.45) is 0 Å². The number of aliphatic hydroxyl groups is 2. The van der Waals surface area contributed by atoms with Gasteiger partial charge in [-0.15, -0.1) is 0 Å². The van der Waals surface area contributed by atoms with Crippen LogP contribution in [0.25, 0.3) is 0 Å². The average Bonchev–Trinajstić information content (AvgIpc) is 2.78. The molecule has 2 aromatic rings. The lowest BCUT2D eigenvalue weighted by atomic mass is 10.0. The third-order valence-corrected chi connectivity index (χ3v) is 4.31. The smallest absolute Gasteiger partial charge is 0.0991 e. The van der Waals surface area contributed by atoms with Crippen molar-refractivity contribution in [3.63, 3.8) is 0 Å². The first-order valence-corrected chi connectivity index (χ1v) is 9.51. The van der Waals surface area contributed by atoms with Crippen molar-refractivity contribution in [2.45, 2.75) is 0 Å². The van der Waals surface area contributed by atoms with E-state index in [1.54, 1.807) is 24.3 Å². The number of benzene rings is 2. The number of hydrogen-bond donors (Lipinski definition) is 3. The summed E-state index contributed by atoms with van der Waals surface area (Å²) in [5.41, 5.74) is 3.47. The minimum absolute atomic E-state index is 0.00817. The molecule has 2 aromatic carbocycles. The quantitative estimate of drug-likeness (QED) is 0.351. The molecule has 0 aliphatic carbocycles. The van der Waals surface area contributed by atoms with Crippen LogP contribution >= 0.6 is 0 Å². The highest BCUT2D eigenvalue weighted by Gasteiger charge is 2.09. The van der Waals surface area contributed by atoms with E-state index in [2.05, 4.69) is 11.0 Å². The standard InChI is InChI=1S/C22H27N3O4/c23-17-18-1-3-19(4-2-18)22(24)20-5-7-21(8-6-20)25(9-13-28-15-11-26)10-14-29-16-12-27/h1-8,24,26-27H,9-16H2. The van der Waals surface area contributed by atoms with Crippen molar-refractivity contribution in [1.82, 2.24) is 0 Å². The molecule has 0 amide bonds. The summed E-state index contributed by atoms with van der Waals surface area (Å²) in [6.07, 6.45) is 0. The first-order chi connectivity index (χ1) is 14.2. The third-order valence-electron chi connectivity index (χ3n) is 4.31. The fraction of sp³-hybridized carbons (Fsp3) is 0.364. The zero-order chi connectivity index (χ0) is 20.9. The number of nitrogens with one attached hydrogen (secondary N) is 1. The maximum absolute atomic E-state index is 8.90. The maximum atomic E-state index is 8.90. The number of hydrogen-bond acceptors (Lipinski definition) is 7. The van der Waals surface area contributed by atoms with Gasteiger partial charge in [0.2, 0.25) is 0 Å². The summed E-state index contributed by atoms with van der Waals surface area (Å²) in [5.74, 6) is 0. The van der Waals surface area contributed by atoms with Gasteiger partial charge in [0.1, 0.15) is 0 Å². The fourth-order valence-electron chi connectivity index (χ4n) is 2.77. The molecule has 0 unspecified atom stereocenters. The largest absolute Gasteiger partial charge is 0.394 e. The molecule has 0 aliphatic heterocycles. The van der Waals surface area contributed by atoms with Crippen molar-refractivity contribution in [2.75, 3.05) is 57.6 Å². The molecule has 0 atom stereocenters. The van der Waals surface area contributed by atoms with E-state index in [-0.39, 0.29) is 13.2 Å². The SMILES string of the molecule is N#Cc1ccc(C(=N)c2ccc(N(CCOCCO)CCOCCO)cc2)cc1. The van der Waals surface area contributed by atoms with E-state index in [1.807, 2.05) is 24.3 Å². The van der Waals surface area contributed by atoms with Crippen LogP contribution in [0.4, 0.5) is 5.69 Å². The Labute approximate surface area is 171 Å². The van der Waals surface area contributed by atoms with Gasteiger partial charge in [0.25, 0.3) is 0 Å². The Bertz CT molecular complexity index is 773. The predicted octanol–water partition coefficient (Wildman–Crippen LogP) is 1.80. The van der Waals surface area contributed by atoms with E-state index in [0.29, 0.717) is 50.8 Å². The minimum atomic E-state index is -0.00817. The summed E-state index contributed by atoms with van der Waals surface area (Å²) in [7, 11) is 0. The molecule has 7 nitrogen and oxygen atoms in total. The van der Waals surface area contributed by atoms with E-state index in [4.69, 9.17) is 30.4 Å². The normalized spacial score (nSPS) is 10.5. The molecule has 0 radical (unpaired) electrons. The van der Waals surface area contributed by atoms with Crippen molar-refractivity contribution in [1.29, 1.82) is 10.7 Å². The summed E-state index contributed by atoms with van der Waals surface area (Å²) >= 11 is 0.